The number of halogens is 3. The summed E-state index contributed by atoms with van der Waals surface area (Å²) in [5.41, 5.74) is 0.0520. The summed E-state index contributed by atoms with van der Waals surface area (Å²) in [5.74, 6) is -5.11. The minimum atomic E-state index is -5.03. The maximum atomic E-state index is 13.4. The fourth-order valence-corrected chi connectivity index (χ4v) is 2.14. The molecule has 4 nitrogen and oxygen atoms in total. The number of fused-ring (bicyclic) bond motifs is 1. The number of aryl methyl sites for hydroxylation is 1. The first-order valence-corrected chi connectivity index (χ1v) is 6.17. The standard InChI is InChI=1S/C14H13F3O4/c1-3-20-13(14(15,16)17)10(12(18)19)7-9-6-8(2)4-5-11(9)21-13/h4-7H,3H2,1-2H3,(H,18,19). The Hall–Kier alpha value is -2.02. The Bertz CT molecular complexity index is 607. The number of aliphatic carboxylic acids is 1. The van der Waals surface area contributed by atoms with Gasteiger partial charge in [0.05, 0.1) is 0 Å². The molecule has 1 heterocycles. The van der Waals surface area contributed by atoms with E-state index >= 15 is 0 Å². The molecule has 2 rings (SSSR count). The molecule has 1 N–H and O–H groups in total. The molecule has 0 fully saturated rings. The number of hydrogen-bond donors (Lipinski definition) is 1. The zero-order valence-corrected chi connectivity index (χ0v) is 11.3. The van der Waals surface area contributed by atoms with Crippen LogP contribution in [0.5, 0.6) is 5.75 Å². The fraction of sp³-hybridized carbons (Fsp3) is 0.357. The van der Waals surface area contributed by atoms with E-state index < -0.39 is 23.5 Å². The molecule has 0 saturated heterocycles. The maximum Gasteiger partial charge on any atom is 0.460 e. The number of carboxylic acids is 1. The molecular formula is C14H13F3O4. The van der Waals surface area contributed by atoms with Gasteiger partial charge in [0.15, 0.2) is 0 Å². The Morgan fingerprint density at radius 1 is 1.43 bits per heavy atom. The van der Waals surface area contributed by atoms with Gasteiger partial charge in [-0.2, -0.15) is 13.2 Å². The molecule has 0 bridgehead atoms. The Labute approximate surface area is 118 Å². The minimum absolute atomic E-state index is 0.0728. The number of benzene rings is 1. The Balaban J connectivity index is 2.68. The maximum absolute atomic E-state index is 13.4. The first kappa shape index (κ1) is 15.4. The number of carboxylic acid groups (broad SMARTS) is 1. The highest BCUT2D eigenvalue weighted by atomic mass is 19.4. The third-order valence-electron chi connectivity index (χ3n) is 3.02. The van der Waals surface area contributed by atoms with Crippen molar-refractivity contribution in [3.8, 4) is 5.75 Å². The summed E-state index contributed by atoms with van der Waals surface area (Å²) in [6.07, 6.45) is -4.09. The molecule has 0 radical (unpaired) electrons. The summed E-state index contributed by atoms with van der Waals surface area (Å²) < 4.78 is 49.9. The lowest BCUT2D eigenvalue weighted by Gasteiger charge is -2.38. The number of hydrogen-bond acceptors (Lipinski definition) is 3. The van der Waals surface area contributed by atoms with Gasteiger partial charge < -0.3 is 14.6 Å². The van der Waals surface area contributed by atoms with Crippen LogP contribution >= 0.6 is 0 Å². The van der Waals surface area contributed by atoms with Crippen LogP contribution in [0.25, 0.3) is 6.08 Å². The van der Waals surface area contributed by atoms with Gasteiger partial charge in [0.25, 0.3) is 0 Å². The molecule has 1 aliphatic rings. The van der Waals surface area contributed by atoms with Gasteiger partial charge in [0.2, 0.25) is 0 Å². The predicted octanol–water partition coefficient (Wildman–Crippen LogP) is 3.15. The SMILES string of the molecule is CCOC1(C(F)(F)F)Oc2ccc(C)cc2C=C1C(=O)O. The largest absolute Gasteiger partial charge is 0.478 e. The average molecular weight is 302 g/mol. The second-order valence-electron chi connectivity index (χ2n) is 4.55. The molecule has 0 amide bonds. The van der Waals surface area contributed by atoms with Gasteiger partial charge in [-0.1, -0.05) is 11.6 Å². The van der Waals surface area contributed by atoms with E-state index in [1.165, 1.54) is 13.0 Å². The molecule has 114 valence electrons. The van der Waals surface area contributed by atoms with Gasteiger partial charge in [-0.3, -0.25) is 0 Å². The van der Waals surface area contributed by atoms with Crippen LogP contribution in [0, 0.1) is 6.92 Å². The van der Waals surface area contributed by atoms with Crippen molar-refractivity contribution in [1.29, 1.82) is 0 Å². The molecule has 0 spiro atoms. The van der Waals surface area contributed by atoms with Crippen LogP contribution < -0.4 is 4.74 Å². The third-order valence-corrected chi connectivity index (χ3v) is 3.02. The molecule has 0 saturated carbocycles. The second-order valence-corrected chi connectivity index (χ2v) is 4.55. The first-order chi connectivity index (χ1) is 9.71. The van der Waals surface area contributed by atoms with E-state index in [9.17, 15) is 18.0 Å². The molecule has 1 aliphatic heterocycles. The van der Waals surface area contributed by atoms with E-state index in [0.717, 1.165) is 11.6 Å². The lowest BCUT2D eigenvalue weighted by molar-refractivity contribution is -0.332. The third kappa shape index (κ3) is 2.49. The second kappa shape index (κ2) is 5.07. The predicted molar refractivity (Wildman–Crippen MR) is 67.8 cm³/mol. The van der Waals surface area contributed by atoms with Crippen LogP contribution in [0.3, 0.4) is 0 Å². The zero-order chi connectivity index (χ0) is 15.8. The molecule has 1 atom stereocenters. The van der Waals surface area contributed by atoms with Gasteiger partial charge in [-0.15, -0.1) is 0 Å². The molecule has 7 heteroatoms. The van der Waals surface area contributed by atoms with Crippen LogP contribution in [0.15, 0.2) is 23.8 Å². The smallest absolute Gasteiger partial charge is 0.460 e. The molecule has 21 heavy (non-hydrogen) atoms. The Kier molecular flexibility index (Phi) is 3.71. The zero-order valence-electron chi connectivity index (χ0n) is 11.3. The van der Waals surface area contributed by atoms with Crippen molar-refractivity contribution in [2.24, 2.45) is 0 Å². The Morgan fingerprint density at radius 3 is 2.62 bits per heavy atom. The lowest BCUT2D eigenvalue weighted by atomic mass is 9.97. The summed E-state index contributed by atoms with van der Waals surface area (Å²) in [5, 5.41) is 9.13. The summed E-state index contributed by atoms with van der Waals surface area (Å²) in [6.45, 7) is 2.72. The molecule has 1 unspecified atom stereocenters. The average Bonchev–Trinajstić information content (AvgIpc) is 2.37. The number of rotatable bonds is 3. The van der Waals surface area contributed by atoms with Crippen molar-refractivity contribution in [3.05, 3.63) is 34.9 Å². The summed E-state index contributed by atoms with van der Waals surface area (Å²) in [4.78, 5) is 11.3. The van der Waals surface area contributed by atoms with Gasteiger partial charge in [-0.05, 0) is 32.1 Å². The summed E-state index contributed by atoms with van der Waals surface area (Å²) in [6, 6.07) is 4.48. The number of carbonyl (C=O) groups is 1. The molecular weight excluding hydrogens is 289 g/mol. The Morgan fingerprint density at radius 2 is 2.10 bits per heavy atom. The van der Waals surface area contributed by atoms with E-state index in [-0.39, 0.29) is 17.9 Å². The van der Waals surface area contributed by atoms with E-state index in [1.807, 2.05) is 0 Å². The fourth-order valence-electron chi connectivity index (χ4n) is 2.14. The highest BCUT2D eigenvalue weighted by molar-refractivity contribution is 5.95. The van der Waals surface area contributed by atoms with Crippen LogP contribution in [-0.4, -0.2) is 29.6 Å². The molecule has 1 aromatic carbocycles. The molecule has 1 aromatic rings. The highest BCUT2D eigenvalue weighted by Gasteiger charge is 2.65. The van der Waals surface area contributed by atoms with Crippen molar-refractivity contribution in [1.82, 2.24) is 0 Å². The van der Waals surface area contributed by atoms with Crippen molar-refractivity contribution >= 4 is 12.0 Å². The van der Waals surface area contributed by atoms with Crippen LogP contribution in [0.4, 0.5) is 13.2 Å². The highest BCUT2D eigenvalue weighted by Crippen LogP contribution is 2.46. The first-order valence-electron chi connectivity index (χ1n) is 6.17. The van der Waals surface area contributed by atoms with Gasteiger partial charge in [0, 0.05) is 12.2 Å². The molecule has 0 aromatic heterocycles. The van der Waals surface area contributed by atoms with E-state index in [4.69, 9.17) is 14.6 Å². The van der Waals surface area contributed by atoms with E-state index in [1.54, 1.807) is 19.1 Å². The van der Waals surface area contributed by atoms with Gasteiger partial charge in [-0.25, -0.2) is 4.79 Å². The van der Waals surface area contributed by atoms with Crippen molar-refractivity contribution < 1.29 is 32.5 Å². The van der Waals surface area contributed by atoms with Crippen molar-refractivity contribution in [2.45, 2.75) is 25.8 Å². The molecule has 0 aliphatic carbocycles. The van der Waals surface area contributed by atoms with Gasteiger partial charge >= 0.3 is 17.9 Å². The van der Waals surface area contributed by atoms with E-state index in [0.29, 0.717) is 0 Å². The van der Waals surface area contributed by atoms with Crippen molar-refractivity contribution in [3.63, 3.8) is 0 Å². The minimum Gasteiger partial charge on any atom is -0.478 e. The van der Waals surface area contributed by atoms with E-state index in [2.05, 4.69) is 0 Å². The lowest BCUT2D eigenvalue weighted by Crippen LogP contribution is -2.56. The summed E-state index contributed by atoms with van der Waals surface area (Å²) in [7, 11) is 0. The normalized spacial score (nSPS) is 21.3. The van der Waals surface area contributed by atoms with Crippen LogP contribution in [0.2, 0.25) is 0 Å². The van der Waals surface area contributed by atoms with Gasteiger partial charge in [0.1, 0.15) is 11.3 Å². The number of ether oxygens (including phenoxy) is 2. The van der Waals surface area contributed by atoms with Crippen LogP contribution in [0.1, 0.15) is 18.1 Å². The monoisotopic (exact) mass is 302 g/mol. The van der Waals surface area contributed by atoms with Crippen molar-refractivity contribution in [2.75, 3.05) is 6.61 Å². The number of alkyl halides is 3. The topological polar surface area (TPSA) is 55.8 Å². The summed E-state index contributed by atoms with van der Waals surface area (Å²) >= 11 is 0. The quantitative estimate of drug-likeness (QED) is 0.932. The van der Waals surface area contributed by atoms with Crippen LogP contribution in [-0.2, 0) is 9.53 Å².